The summed E-state index contributed by atoms with van der Waals surface area (Å²) in [7, 11) is 0. The molecule has 0 radical (unpaired) electrons. The van der Waals surface area contributed by atoms with Gasteiger partial charge in [-0.3, -0.25) is 4.98 Å². The summed E-state index contributed by atoms with van der Waals surface area (Å²) in [5.74, 6) is 0. The monoisotopic (exact) mass is 300 g/mol. The zero-order valence-corrected chi connectivity index (χ0v) is 12.9. The summed E-state index contributed by atoms with van der Waals surface area (Å²) in [6.07, 6.45) is 3.03. The van der Waals surface area contributed by atoms with Gasteiger partial charge in [0.05, 0.1) is 0 Å². The molecule has 0 fully saturated rings. The lowest BCUT2D eigenvalue weighted by molar-refractivity contribution is 0.0144. The van der Waals surface area contributed by atoms with Crippen LogP contribution in [0.4, 0.5) is 8.78 Å². The van der Waals surface area contributed by atoms with Gasteiger partial charge in [0, 0.05) is 31.0 Å². The number of nitrogens with zero attached hydrogens (tertiary/aromatic N) is 1. The molecule has 1 rings (SSSR count). The minimum atomic E-state index is -2.39. The van der Waals surface area contributed by atoms with E-state index >= 15 is 0 Å². The molecule has 120 valence electrons. The van der Waals surface area contributed by atoms with Gasteiger partial charge in [-0.05, 0) is 37.4 Å². The maximum absolute atomic E-state index is 12.0. The van der Waals surface area contributed by atoms with Crippen LogP contribution in [0.1, 0.15) is 37.9 Å². The van der Waals surface area contributed by atoms with E-state index in [4.69, 9.17) is 4.74 Å². The molecular weight excluding hydrogens is 274 g/mol. The summed E-state index contributed by atoms with van der Waals surface area (Å²) < 4.78 is 29.0. The van der Waals surface area contributed by atoms with Crippen molar-refractivity contribution in [2.75, 3.05) is 19.8 Å². The van der Waals surface area contributed by atoms with E-state index in [1.54, 1.807) is 0 Å². The van der Waals surface area contributed by atoms with Crippen molar-refractivity contribution in [3.8, 4) is 0 Å². The number of halogens is 2. The number of rotatable bonds is 11. The molecular formula is C16H26F2N2O. The molecule has 0 bridgehead atoms. The van der Waals surface area contributed by atoms with Gasteiger partial charge in [0.15, 0.2) is 0 Å². The number of nitrogens with one attached hydrogen (secondary N) is 1. The van der Waals surface area contributed by atoms with Gasteiger partial charge in [0.25, 0.3) is 6.43 Å². The van der Waals surface area contributed by atoms with Crippen molar-refractivity contribution in [1.29, 1.82) is 0 Å². The minimum Gasteiger partial charge on any atom is -0.375 e. The van der Waals surface area contributed by atoms with Gasteiger partial charge in [-0.1, -0.05) is 19.9 Å². The summed E-state index contributed by atoms with van der Waals surface area (Å²) in [6, 6.07) is 4.34. The Labute approximate surface area is 126 Å². The first-order valence-corrected chi connectivity index (χ1v) is 7.68. The summed E-state index contributed by atoms with van der Waals surface area (Å²) >= 11 is 0. The fourth-order valence-corrected chi connectivity index (χ4v) is 2.06. The van der Waals surface area contributed by atoms with Crippen LogP contribution in [-0.4, -0.2) is 37.2 Å². The van der Waals surface area contributed by atoms with Crippen molar-refractivity contribution in [1.82, 2.24) is 10.3 Å². The maximum atomic E-state index is 12.0. The van der Waals surface area contributed by atoms with Crippen LogP contribution in [0.25, 0.3) is 0 Å². The van der Waals surface area contributed by atoms with E-state index in [2.05, 4.69) is 30.2 Å². The van der Waals surface area contributed by atoms with Gasteiger partial charge >= 0.3 is 0 Å². The highest BCUT2D eigenvalue weighted by Crippen LogP contribution is 2.07. The molecule has 1 N–H and O–H groups in total. The Morgan fingerprint density at radius 1 is 1.29 bits per heavy atom. The zero-order valence-electron chi connectivity index (χ0n) is 12.9. The first kappa shape index (κ1) is 18.0. The predicted molar refractivity (Wildman–Crippen MR) is 80.8 cm³/mol. The first-order chi connectivity index (χ1) is 10.2. The highest BCUT2D eigenvalue weighted by atomic mass is 19.3. The van der Waals surface area contributed by atoms with Crippen LogP contribution in [0, 0.1) is 0 Å². The zero-order chi connectivity index (χ0) is 15.5. The molecule has 5 heteroatoms. The minimum absolute atomic E-state index is 0.211. The second-order valence-corrected chi connectivity index (χ2v) is 5.12. The average Bonchev–Trinajstić information content (AvgIpc) is 2.49. The third-order valence-corrected chi connectivity index (χ3v) is 3.29. The van der Waals surface area contributed by atoms with Crippen LogP contribution in [-0.2, 0) is 17.6 Å². The number of hydrogen-bond acceptors (Lipinski definition) is 3. The standard InChI is InChI=1S/C16H26F2N2O/c1-3-8-19-15(7-9-21-12-16(17)18)10-14-6-5-13(4-2)11-20-14/h5-6,11,15-16,19H,3-4,7-10,12H2,1-2H3. The van der Waals surface area contributed by atoms with Crippen LogP contribution in [0.15, 0.2) is 18.3 Å². The number of aryl methyl sites for hydroxylation is 1. The molecule has 0 aliphatic rings. The number of hydrogen-bond donors (Lipinski definition) is 1. The van der Waals surface area contributed by atoms with Gasteiger partial charge in [0.1, 0.15) is 6.61 Å². The molecule has 21 heavy (non-hydrogen) atoms. The molecule has 1 aromatic rings. The quantitative estimate of drug-likeness (QED) is 0.637. The van der Waals surface area contributed by atoms with E-state index in [9.17, 15) is 8.78 Å². The van der Waals surface area contributed by atoms with Crippen LogP contribution in [0.3, 0.4) is 0 Å². The largest absolute Gasteiger partial charge is 0.375 e. The molecule has 0 aliphatic heterocycles. The van der Waals surface area contributed by atoms with E-state index < -0.39 is 13.0 Å². The van der Waals surface area contributed by atoms with Crippen molar-refractivity contribution in [3.63, 3.8) is 0 Å². The fraction of sp³-hybridized carbons (Fsp3) is 0.688. The smallest absolute Gasteiger partial charge is 0.261 e. The number of alkyl halides is 2. The van der Waals surface area contributed by atoms with Crippen LogP contribution >= 0.6 is 0 Å². The van der Waals surface area contributed by atoms with Gasteiger partial charge < -0.3 is 10.1 Å². The highest BCUT2D eigenvalue weighted by Gasteiger charge is 2.11. The molecule has 1 unspecified atom stereocenters. The molecule has 3 nitrogen and oxygen atoms in total. The predicted octanol–water partition coefficient (Wildman–Crippen LogP) is 3.23. The Morgan fingerprint density at radius 2 is 2.10 bits per heavy atom. The van der Waals surface area contributed by atoms with E-state index in [-0.39, 0.29) is 6.04 Å². The van der Waals surface area contributed by atoms with Crippen LogP contribution < -0.4 is 5.32 Å². The fourth-order valence-electron chi connectivity index (χ4n) is 2.06. The van der Waals surface area contributed by atoms with E-state index in [1.165, 1.54) is 5.56 Å². The van der Waals surface area contributed by atoms with Crippen molar-refractivity contribution in [2.24, 2.45) is 0 Å². The number of ether oxygens (including phenoxy) is 1. The van der Waals surface area contributed by atoms with Crippen LogP contribution in [0.2, 0.25) is 0 Å². The molecule has 1 heterocycles. The first-order valence-electron chi connectivity index (χ1n) is 7.68. The Kier molecular flexibility index (Phi) is 9.10. The lowest BCUT2D eigenvalue weighted by Gasteiger charge is -2.18. The second-order valence-electron chi connectivity index (χ2n) is 5.12. The molecule has 0 aliphatic carbocycles. The topological polar surface area (TPSA) is 34.1 Å². The van der Waals surface area contributed by atoms with Gasteiger partial charge in [-0.25, -0.2) is 8.78 Å². The highest BCUT2D eigenvalue weighted by molar-refractivity contribution is 5.14. The third-order valence-electron chi connectivity index (χ3n) is 3.29. The molecule has 1 atom stereocenters. The second kappa shape index (κ2) is 10.6. The van der Waals surface area contributed by atoms with Crippen molar-refractivity contribution in [2.45, 2.75) is 52.0 Å². The Balaban J connectivity index is 2.43. The normalized spacial score (nSPS) is 12.8. The molecule has 0 spiro atoms. The summed E-state index contributed by atoms with van der Waals surface area (Å²) in [5, 5.41) is 3.43. The van der Waals surface area contributed by atoms with E-state index in [0.29, 0.717) is 13.0 Å². The lowest BCUT2D eigenvalue weighted by atomic mass is 10.1. The van der Waals surface area contributed by atoms with Crippen molar-refractivity contribution >= 4 is 0 Å². The van der Waals surface area contributed by atoms with E-state index in [1.807, 2.05) is 12.3 Å². The number of pyridine rings is 1. The van der Waals surface area contributed by atoms with Crippen LogP contribution in [0.5, 0.6) is 0 Å². The molecule has 1 aromatic heterocycles. The molecule has 0 aromatic carbocycles. The van der Waals surface area contributed by atoms with E-state index in [0.717, 1.165) is 31.5 Å². The van der Waals surface area contributed by atoms with Crippen molar-refractivity contribution < 1.29 is 13.5 Å². The van der Waals surface area contributed by atoms with Gasteiger partial charge in [-0.15, -0.1) is 0 Å². The summed E-state index contributed by atoms with van der Waals surface area (Å²) in [4.78, 5) is 4.45. The summed E-state index contributed by atoms with van der Waals surface area (Å²) in [5.41, 5.74) is 2.24. The molecule has 0 saturated heterocycles. The Hall–Kier alpha value is -1.07. The Bertz CT molecular complexity index is 371. The van der Waals surface area contributed by atoms with Gasteiger partial charge in [-0.2, -0.15) is 0 Å². The molecule has 0 saturated carbocycles. The third kappa shape index (κ3) is 8.07. The lowest BCUT2D eigenvalue weighted by Crippen LogP contribution is -2.33. The number of aromatic nitrogens is 1. The Morgan fingerprint density at radius 3 is 2.67 bits per heavy atom. The molecule has 0 amide bonds. The SMILES string of the molecule is CCCNC(CCOCC(F)F)Cc1ccc(CC)cn1. The summed E-state index contributed by atoms with van der Waals surface area (Å²) in [6.45, 7) is 4.98. The average molecular weight is 300 g/mol. The maximum Gasteiger partial charge on any atom is 0.261 e. The van der Waals surface area contributed by atoms with Gasteiger partial charge in [0.2, 0.25) is 0 Å². The van der Waals surface area contributed by atoms with Crippen molar-refractivity contribution in [3.05, 3.63) is 29.6 Å².